The van der Waals surface area contributed by atoms with E-state index in [1.807, 2.05) is 6.08 Å². The van der Waals surface area contributed by atoms with Crippen LogP contribution in [0.4, 0.5) is 0 Å². The average molecular weight is 225 g/mol. The second-order valence-corrected chi connectivity index (χ2v) is 3.94. The number of aryl methyl sites for hydroxylation is 1. The van der Waals surface area contributed by atoms with Gasteiger partial charge >= 0.3 is 0 Å². The van der Waals surface area contributed by atoms with Gasteiger partial charge in [0.2, 0.25) is 0 Å². The molecule has 0 nitrogen and oxygen atoms in total. The molecule has 0 bridgehead atoms. The second kappa shape index (κ2) is 3.90. The highest BCUT2D eigenvalue weighted by Gasteiger charge is 2.04. The Morgan fingerprint density at radius 2 is 2.17 bits per heavy atom. The molecule has 0 N–H and O–H groups in total. The summed E-state index contributed by atoms with van der Waals surface area (Å²) in [6.07, 6.45) is 1.97. The average Bonchev–Trinajstić information content (AvgIpc) is 2.08. The van der Waals surface area contributed by atoms with E-state index in [1.54, 1.807) is 0 Å². The van der Waals surface area contributed by atoms with Gasteiger partial charge in [-0.15, -0.1) is 6.58 Å². The highest BCUT2D eigenvalue weighted by atomic mass is 79.9. The molecule has 0 saturated carbocycles. The first kappa shape index (κ1) is 9.53. The zero-order valence-electron chi connectivity index (χ0n) is 7.47. The maximum atomic E-state index is 3.79. The third-order valence-electron chi connectivity index (χ3n) is 2.09. The van der Waals surface area contributed by atoms with E-state index in [1.165, 1.54) is 11.1 Å². The van der Waals surface area contributed by atoms with Gasteiger partial charge in [0.05, 0.1) is 0 Å². The first-order valence-electron chi connectivity index (χ1n) is 4.03. The lowest BCUT2D eigenvalue weighted by molar-refractivity contribution is 0.954. The minimum Gasteiger partial charge on any atom is -0.102 e. The Bertz CT molecular complexity index is 289. The van der Waals surface area contributed by atoms with Gasteiger partial charge < -0.3 is 0 Å². The van der Waals surface area contributed by atoms with Gasteiger partial charge in [-0.2, -0.15) is 0 Å². The Labute approximate surface area is 82.4 Å². The first-order chi connectivity index (χ1) is 5.65. The van der Waals surface area contributed by atoms with E-state index in [0.29, 0.717) is 5.92 Å². The van der Waals surface area contributed by atoms with Gasteiger partial charge in [-0.3, -0.25) is 0 Å². The number of halogens is 1. The normalized spacial score (nSPS) is 12.6. The fraction of sp³-hybridized carbons (Fsp3) is 0.273. The Balaban J connectivity index is 3.12. The predicted molar refractivity (Wildman–Crippen MR) is 57.5 cm³/mol. The molecule has 0 aliphatic carbocycles. The molecule has 1 atom stereocenters. The molecule has 0 amide bonds. The van der Waals surface area contributed by atoms with Crippen LogP contribution >= 0.6 is 15.9 Å². The molecular formula is C11H13Br. The van der Waals surface area contributed by atoms with E-state index in [-0.39, 0.29) is 0 Å². The molecular weight excluding hydrogens is 212 g/mol. The molecule has 0 aromatic heterocycles. The van der Waals surface area contributed by atoms with Crippen molar-refractivity contribution in [3.05, 3.63) is 46.5 Å². The number of benzene rings is 1. The maximum absolute atomic E-state index is 3.79. The summed E-state index contributed by atoms with van der Waals surface area (Å²) in [6, 6.07) is 6.34. The quantitative estimate of drug-likeness (QED) is 0.666. The lowest BCUT2D eigenvalue weighted by Gasteiger charge is -2.10. The van der Waals surface area contributed by atoms with E-state index in [2.05, 4.69) is 54.6 Å². The van der Waals surface area contributed by atoms with Gasteiger partial charge in [0.15, 0.2) is 0 Å². The molecule has 1 rings (SSSR count). The summed E-state index contributed by atoms with van der Waals surface area (Å²) in [4.78, 5) is 0. The van der Waals surface area contributed by atoms with Crippen molar-refractivity contribution in [1.82, 2.24) is 0 Å². The third-order valence-corrected chi connectivity index (χ3v) is 2.58. The fourth-order valence-electron chi connectivity index (χ4n) is 1.23. The standard InChI is InChI=1S/C11H13Br/c1-4-8(2)11-7-10(12)6-5-9(11)3/h4-8H,1H2,2-3H3. The molecule has 12 heavy (non-hydrogen) atoms. The summed E-state index contributed by atoms with van der Waals surface area (Å²) in [7, 11) is 0. The molecule has 1 unspecified atom stereocenters. The van der Waals surface area contributed by atoms with E-state index >= 15 is 0 Å². The molecule has 1 aromatic carbocycles. The summed E-state index contributed by atoms with van der Waals surface area (Å²) in [5, 5.41) is 0. The Hall–Kier alpha value is -0.560. The summed E-state index contributed by atoms with van der Waals surface area (Å²) in [5.74, 6) is 0.433. The van der Waals surface area contributed by atoms with Crippen LogP contribution in [0.2, 0.25) is 0 Å². The van der Waals surface area contributed by atoms with E-state index in [0.717, 1.165) is 4.47 Å². The minimum absolute atomic E-state index is 0.433. The topological polar surface area (TPSA) is 0 Å². The van der Waals surface area contributed by atoms with Gasteiger partial charge in [-0.05, 0) is 36.1 Å². The maximum Gasteiger partial charge on any atom is 0.0178 e. The van der Waals surface area contributed by atoms with Crippen LogP contribution in [0.25, 0.3) is 0 Å². The highest BCUT2D eigenvalue weighted by molar-refractivity contribution is 9.10. The smallest absolute Gasteiger partial charge is 0.0178 e. The number of hydrogen-bond donors (Lipinski definition) is 0. The molecule has 0 saturated heterocycles. The largest absolute Gasteiger partial charge is 0.102 e. The van der Waals surface area contributed by atoms with Crippen molar-refractivity contribution in [3.63, 3.8) is 0 Å². The Kier molecular flexibility index (Phi) is 3.10. The van der Waals surface area contributed by atoms with E-state index in [9.17, 15) is 0 Å². The van der Waals surface area contributed by atoms with Crippen molar-refractivity contribution in [1.29, 1.82) is 0 Å². The van der Waals surface area contributed by atoms with Gasteiger partial charge in [0, 0.05) is 4.47 Å². The molecule has 0 heterocycles. The summed E-state index contributed by atoms with van der Waals surface area (Å²) in [5.41, 5.74) is 2.67. The lowest BCUT2D eigenvalue weighted by Crippen LogP contribution is -1.92. The minimum atomic E-state index is 0.433. The molecule has 0 fully saturated rings. The van der Waals surface area contributed by atoms with Gasteiger partial charge in [-0.1, -0.05) is 35.0 Å². The summed E-state index contributed by atoms with van der Waals surface area (Å²) >= 11 is 3.46. The van der Waals surface area contributed by atoms with Gasteiger partial charge in [0.25, 0.3) is 0 Å². The second-order valence-electron chi connectivity index (χ2n) is 3.03. The fourth-order valence-corrected chi connectivity index (χ4v) is 1.61. The van der Waals surface area contributed by atoms with Crippen molar-refractivity contribution in [2.75, 3.05) is 0 Å². The molecule has 0 radical (unpaired) electrons. The number of rotatable bonds is 2. The predicted octanol–water partition coefficient (Wildman–Crippen LogP) is 4.05. The zero-order valence-corrected chi connectivity index (χ0v) is 9.06. The zero-order chi connectivity index (χ0) is 9.14. The van der Waals surface area contributed by atoms with Crippen LogP contribution in [-0.4, -0.2) is 0 Å². The Morgan fingerprint density at radius 1 is 1.50 bits per heavy atom. The van der Waals surface area contributed by atoms with Crippen molar-refractivity contribution < 1.29 is 0 Å². The van der Waals surface area contributed by atoms with Crippen LogP contribution in [0.5, 0.6) is 0 Å². The van der Waals surface area contributed by atoms with Crippen LogP contribution in [0.1, 0.15) is 24.0 Å². The number of allylic oxidation sites excluding steroid dienone is 1. The van der Waals surface area contributed by atoms with Crippen LogP contribution < -0.4 is 0 Å². The van der Waals surface area contributed by atoms with Crippen LogP contribution in [0, 0.1) is 6.92 Å². The van der Waals surface area contributed by atoms with Crippen molar-refractivity contribution >= 4 is 15.9 Å². The van der Waals surface area contributed by atoms with Gasteiger partial charge in [-0.25, -0.2) is 0 Å². The van der Waals surface area contributed by atoms with E-state index in [4.69, 9.17) is 0 Å². The molecule has 1 aromatic rings. The van der Waals surface area contributed by atoms with Crippen molar-refractivity contribution in [2.24, 2.45) is 0 Å². The Morgan fingerprint density at radius 3 is 2.75 bits per heavy atom. The van der Waals surface area contributed by atoms with E-state index < -0.39 is 0 Å². The van der Waals surface area contributed by atoms with Crippen LogP contribution in [-0.2, 0) is 0 Å². The molecule has 0 aliphatic heterocycles. The lowest BCUT2D eigenvalue weighted by atomic mass is 9.97. The molecule has 0 aliphatic rings. The van der Waals surface area contributed by atoms with Gasteiger partial charge in [0.1, 0.15) is 0 Å². The highest BCUT2D eigenvalue weighted by Crippen LogP contribution is 2.23. The molecule has 1 heteroatoms. The van der Waals surface area contributed by atoms with Crippen LogP contribution in [0.15, 0.2) is 35.3 Å². The SMILES string of the molecule is C=CC(C)c1cc(Br)ccc1C. The van der Waals surface area contributed by atoms with Crippen LogP contribution in [0.3, 0.4) is 0 Å². The first-order valence-corrected chi connectivity index (χ1v) is 4.83. The third kappa shape index (κ3) is 1.98. The summed E-state index contributed by atoms with van der Waals surface area (Å²) in [6.45, 7) is 8.07. The number of hydrogen-bond acceptors (Lipinski definition) is 0. The van der Waals surface area contributed by atoms with Crippen molar-refractivity contribution in [3.8, 4) is 0 Å². The molecule has 64 valence electrons. The van der Waals surface area contributed by atoms with Crippen molar-refractivity contribution in [2.45, 2.75) is 19.8 Å². The molecule has 0 spiro atoms. The summed E-state index contributed by atoms with van der Waals surface area (Å²) < 4.78 is 1.14. The monoisotopic (exact) mass is 224 g/mol.